The number of rotatable bonds is 5. The molecule has 0 spiro atoms. The van der Waals surface area contributed by atoms with Gasteiger partial charge in [0.1, 0.15) is 12.1 Å². The van der Waals surface area contributed by atoms with Gasteiger partial charge in [0, 0.05) is 19.7 Å². The van der Waals surface area contributed by atoms with Gasteiger partial charge in [-0.15, -0.1) is 0 Å². The quantitative estimate of drug-likeness (QED) is 0.901. The number of anilines is 1. The fourth-order valence-corrected chi connectivity index (χ4v) is 1.92. The van der Waals surface area contributed by atoms with Crippen molar-refractivity contribution in [1.82, 2.24) is 14.8 Å². The molecule has 2 aromatic rings. The number of methoxy groups -OCH3 is 1. The number of hydrogen-bond donors (Lipinski definition) is 1. The minimum absolute atomic E-state index is 0.355. The Labute approximate surface area is 111 Å². The standard InChI is InChI=1S/C13H17FN4O/c1-4-5-18-8-16-13(17-18)10-6-9(14)7-11(15-2)12(10)19-3/h6-8,15H,4-5H2,1-3H3. The lowest BCUT2D eigenvalue weighted by Gasteiger charge is -2.11. The Morgan fingerprint density at radius 1 is 1.42 bits per heavy atom. The maximum Gasteiger partial charge on any atom is 0.185 e. The topological polar surface area (TPSA) is 52.0 Å². The van der Waals surface area contributed by atoms with Gasteiger partial charge in [0.25, 0.3) is 0 Å². The van der Waals surface area contributed by atoms with Gasteiger partial charge in [-0.25, -0.2) is 9.37 Å². The zero-order valence-electron chi connectivity index (χ0n) is 11.3. The third-order valence-electron chi connectivity index (χ3n) is 2.76. The average Bonchev–Trinajstić information content (AvgIpc) is 2.86. The molecule has 0 aliphatic rings. The van der Waals surface area contributed by atoms with Gasteiger partial charge in [-0.05, 0) is 12.5 Å². The van der Waals surface area contributed by atoms with Crippen molar-refractivity contribution in [2.24, 2.45) is 0 Å². The molecule has 5 nitrogen and oxygen atoms in total. The van der Waals surface area contributed by atoms with Crippen molar-refractivity contribution in [1.29, 1.82) is 0 Å². The predicted molar refractivity (Wildman–Crippen MR) is 71.8 cm³/mol. The van der Waals surface area contributed by atoms with E-state index in [4.69, 9.17) is 4.74 Å². The highest BCUT2D eigenvalue weighted by molar-refractivity contribution is 5.74. The number of aryl methyl sites for hydroxylation is 1. The third-order valence-corrected chi connectivity index (χ3v) is 2.76. The summed E-state index contributed by atoms with van der Waals surface area (Å²) in [4.78, 5) is 4.21. The largest absolute Gasteiger partial charge is 0.494 e. The molecule has 0 amide bonds. The molecule has 19 heavy (non-hydrogen) atoms. The molecule has 0 unspecified atom stereocenters. The lowest BCUT2D eigenvalue weighted by Crippen LogP contribution is -2.00. The Morgan fingerprint density at radius 2 is 2.21 bits per heavy atom. The molecule has 0 saturated carbocycles. The number of aromatic nitrogens is 3. The summed E-state index contributed by atoms with van der Waals surface area (Å²) in [7, 11) is 3.25. The van der Waals surface area contributed by atoms with E-state index in [0.717, 1.165) is 13.0 Å². The molecule has 0 bridgehead atoms. The summed E-state index contributed by atoms with van der Waals surface area (Å²) in [6.07, 6.45) is 2.60. The third kappa shape index (κ3) is 2.67. The molecule has 2 rings (SSSR count). The summed E-state index contributed by atoms with van der Waals surface area (Å²) >= 11 is 0. The highest BCUT2D eigenvalue weighted by Crippen LogP contribution is 2.35. The van der Waals surface area contributed by atoms with Gasteiger partial charge in [-0.2, -0.15) is 5.10 Å². The second-order valence-electron chi connectivity index (χ2n) is 4.12. The van der Waals surface area contributed by atoms with Gasteiger partial charge in [0.2, 0.25) is 0 Å². The maximum absolute atomic E-state index is 13.6. The van der Waals surface area contributed by atoms with Crippen LogP contribution in [0.2, 0.25) is 0 Å². The van der Waals surface area contributed by atoms with E-state index in [9.17, 15) is 4.39 Å². The van der Waals surface area contributed by atoms with Gasteiger partial charge >= 0.3 is 0 Å². The molecule has 0 fully saturated rings. The Morgan fingerprint density at radius 3 is 2.84 bits per heavy atom. The summed E-state index contributed by atoms with van der Waals surface area (Å²) in [6.45, 7) is 2.84. The van der Waals surface area contributed by atoms with Crippen LogP contribution in [0, 0.1) is 5.82 Å². The molecule has 1 aromatic carbocycles. The van der Waals surface area contributed by atoms with Crippen LogP contribution in [0.4, 0.5) is 10.1 Å². The van der Waals surface area contributed by atoms with Gasteiger partial charge in [0.05, 0.1) is 18.4 Å². The van der Waals surface area contributed by atoms with Crippen LogP contribution in [0.5, 0.6) is 5.75 Å². The molecule has 1 N–H and O–H groups in total. The first-order valence-electron chi connectivity index (χ1n) is 6.14. The zero-order chi connectivity index (χ0) is 13.8. The second kappa shape index (κ2) is 5.69. The molecular weight excluding hydrogens is 247 g/mol. The van der Waals surface area contributed by atoms with E-state index in [1.165, 1.54) is 12.1 Å². The van der Waals surface area contributed by atoms with Crippen LogP contribution in [0.3, 0.4) is 0 Å². The second-order valence-corrected chi connectivity index (χ2v) is 4.12. The number of benzene rings is 1. The van der Waals surface area contributed by atoms with Crippen molar-refractivity contribution in [3.8, 4) is 17.1 Å². The van der Waals surface area contributed by atoms with E-state index in [-0.39, 0.29) is 5.82 Å². The summed E-state index contributed by atoms with van der Waals surface area (Å²) < 4.78 is 20.7. The summed E-state index contributed by atoms with van der Waals surface area (Å²) in [5.41, 5.74) is 1.12. The molecule has 1 aromatic heterocycles. The molecule has 6 heteroatoms. The van der Waals surface area contributed by atoms with Gasteiger partial charge in [-0.3, -0.25) is 4.68 Å². The van der Waals surface area contributed by atoms with Crippen LogP contribution in [-0.2, 0) is 6.54 Å². The number of ether oxygens (including phenoxy) is 1. The van der Waals surface area contributed by atoms with E-state index in [0.29, 0.717) is 22.8 Å². The van der Waals surface area contributed by atoms with Crippen molar-refractivity contribution in [3.05, 3.63) is 24.3 Å². The number of hydrogen-bond acceptors (Lipinski definition) is 4. The fourth-order valence-electron chi connectivity index (χ4n) is 1.92. The first kappa shape index (κ1) is 13.3. The Balaban J connectivity index is 2.50. The number of nitrogens with zero attached hydrogens (tertiary/aromatic N) is 3. The van der Waals surface area contributed by atoms with Crippen LogP contribution >= 0.6 is 0 Å². The summed E-state index contributed by atoms with van der Waals surface area (Å²) in [5.74, 6) is 0.645. The minimum Gasteiger partial charge on any atom is -0.494 e. The number of halogens is 1. The van der Waals surface area contributed by atoms with Crippen LogP contribution < -0.4 is 10.1 Å². The van der Waals surface area contributed by atoms with Crippen LogP contribution in [0.1, 0.15) is 13.3 Å². The van der Waals surface area contributed by atoms with Crippen molar-refractivity contribution < 1.29 is 9.13 Å². The van der Waals surface area contributed by atoms with E-state index in [1.807, 2.05) is 0 Å². The minimum atomic E-state index is -0.355. The van der Waals surface area contributed by atoms with Crippen molar-refractivity contribution in [2.75, 3.05) is 19.5 Å². The fraction of sp³-hybridized carbons (Fsp3) is 0.385. The number of nitrogens with one attached hydrogen (secondary N) is 1. The Bertz CT molecular complexity index is 568. The molecule has 0 radical (unpaired) electrons. The van der Waals surface area contributed by atoms with Gasteiger partial charge in [-0.1, -0.05) is 6.92 Å². The lowest BCUT2D eigenvalue weighted by molar-refractivity contribution is 0.417. The molecule has 0 aliphatic carbocycles. The van der Waals surface area contributed by atoms with Crippen molar-refractivity contribution in [2.45, 2.75) is 19.9 Å². The SMILES string of the molecule is CCCn1cnc(-c2cc(F)cc(NC)c2OC)n1. The lowest BCUT2D eigenvalue weighted by atomic mass is 10.1. The molecular formula is C13H17FN4O. The normalized spacial score (nSPS) is 10.5. The first-order valence-corrected chi connectivity index (χ1v) is 6.14. The summed E-state index contributed by atoms with van der Waals surface area (Å²) in [6, 6.07) is 2.76. The molecule has 0 atom stereocenters. The van der Waals surface area contributed by atoms with Crippen LogP contribution in [0.15, 0.2) is 18.5 Å². The Hall–Kier alpha value is -2.11. The highest BCUT2D eigenvalue weighted by atomic mass is 19.1. The van der Waals surface area contributed by atoms with E-state index >= 15 is 0 Å². The highest BCUT2D eigenvalue weighted by Gasteiger charge is 2.16. The van der Waals surface area contributed by atoms with Crippen molar-refractivity contribution >= 4 is 5.69 Å². The van der Waals surface area contributed by atoms with E-state index in [2.05, 4.69) is 22.3 Å². The summed E-state index contributed by atoms with van der Waals surface area (Å²) in [5, 5.41) is 7.23. The zero-order valence-corrected chi connectivity index (χ0v) is 11.3. The van der Waals surface area contributed by atoms with E-state index < -0.39 is 0 Å². The van der Waals surface area contributed by atoms with Crippen molar-refractivity contribution in [3.63, 3.8) is 0 Å². The monoisotopic (exact) mass is 264 g/mol. The molecule has 0 saturated heterocycles. The van der Waals surface area contributed by atoms with E-state index in [1.54, 1.807) is 25.2 Å². The van der Waals surface area contributed by atoms with Gasteiger partial charge < -0.3 is 10.1 Å². The molecule has 102 valence electrons. The molecule has 1 heterocycles. The van der Waals surface area contributed by atoms with Crippen LogP contribution in [-0.4, -0.2) is 28.9 Å². The van der Waals surface area contributed by atoms with Gasteiger partial charge in [0.15, 0.2) is 11.6 Å². The maximum atomic E-state index is 13.6. The smallest absolute Gasteiger partial charge is 0.185 e. The predicted octanol–water partition coefficient (Wildman–Crippen LogP) is 2.54. The first-order chi connectivity index (χ1) is 9.19. The molecule has 0 aliphatic heterocycles. The van der Waals surface area contributed by atoms with Crippen LogP contribution in [0.25, 0.3) is 11.4 Å². The average molecular weight is 264 g/mol. The Kier molecular flexibility index (Phi) is 3.99.